The molecule has 2 atom stereocenters. The van der Waals surface area contributed by atoms with Crippen LogP contribution in [0.2, 0.25) is 0 Å². The predicted octanol–water partition coefficient (Wildman–Crippen LogP) is 4.15. The fourth-order valence-electron chi connectivity index (χ4n) is 3.93. The Morgan fingerprint density at radius 2 is 1.92 bits per heavy atom. The standard InChI is InChI=1S/C21H21NO3S/c1-2-25-15-7-5-13(6-8-15)16-12-20(24)22-17-10-14(11-18(23)21(16)17)19-4-3-9-26-19/h3-9,14,16H,2,10-12H2,1H3,(H,22,24). The number of hydrogen-bond donors (Lipinski definition) is 1. The van der Waals surface area contributed by atoms with Gasteiger partial charge in [-0.25, -0.2) is 0 Å². The first kappa shape index (κ1) is 17.0. The number of rotatable bonds is 4. The summed E-state index contributed by atoms with van der Waals surface area (Å²) in [5, 5.41) is 5.01. The highest BCUT2D eigenvalue weighted by atomic mass is 32.1. The molecule has 1 amide bonds. The van der Waals surface area contributed by atoms with E-state index in [2.05, 4.69) is 11.4 Å². The van der Waals surface area contributed by atoms with Crippen LogP contribution in [-0.2, 0) is 9.59 Å². The minimum Gasteiger partial charge on any atom is -0.494 e. The van der Waals surface area contributed by atoms with E-state index in [0.29, 0.717) is 19.4 Å². The Labute approximate surface area is 156 Å². The van der Waals surface area contributed by atoms with Crippen LogP contribution >= 0.6 is 11.3 Å². The average Bonchev–Trinajstić information content (AvgIpc) is 3.16. The third-order valence-corrected chi connectivity index (χ3v) is 6.11. The molecule has 0 bridgehead atoms. The van der Waals surface area contributed by atoms with E-state index in [-0.39, 0.29) is 23.5 Å². The first-order chi connectivity index (χ1) is 12.7. The van der Waals surface area contributed by atoms with Crippen molar-refractivity contribution in [3.63, 3.8) is 0 Å². The lowest BCUT2D eigenvalue weighted by molar-refractivity contribution is -0.122. The van der Waals surface area contributed by atoms with Crippen molar-refractivity contribution in [2.24, 2.45) is 0 Å². The Balaban J connectivity index is 1.66. The lowest BCUT2D eigenvalue weighted by atomic mass is 9.75. The fourth-order valence-corrected chi connectivity index (χ4v) is 4.76. The van der Waals surface area contributed by atoms with Crippen LogP contribution in [0.1, 0.15) is 48.5 Å². The third kappa shape index (κ3) is 3.19. The van der Waals surface area contributed by atoms with Gasteiger partial charge in [0.2, 0.25) is 5.91 Å². The molecule has 1 aromatic heterocycles. The molecule has 0 radical (unpaired) electrons. The van der Waals surface area contributed by atoms with E-state index in [4.69, 9.17) is 4.74 Å². The summed E-state index contributed by atoms with van der Waals surface area (Å²) in [5.74, 6) is 0.955. The van der Waals surface area contributed by atoms with Crippen LogP contribution in [0.4, 0.5) is 0 Å². The molecular weight excluding hydrogens is 346 g/mol. The van der Waals surface area contributed by atoms with Crippen molar-refractivity contribution in [3.05, 3.63) is 63.5 Å². The molecular formula is C21H21NO3S. The van der Waals surface area contributed by atoms with Crippen molar-refractivity contribution in [1.82, 2.24) is 5.32 Å². The van der Waals surface area contributed by atoms with Crippen LogP contribution in [0.5, 0.6) is 5.75 Å². The highest BCUT2D eigenvalue weighted by Gasteiger charge is 2.38. The van der Waals surface area contributed by atoms with Gasteiger partial charge in [-0.15, -0.1) is 11.3 Å². The van der Waals surface area contributed by atoms with Crippen molar-refractivity contribution >= 4 is 23.0 Å². The van der Waals surface area contributed by atoms with Gasteiger partial charge in [-0.1, -0.05) is 18.2 Å². The Hall–Kier alpha value is -2.40. The van der Waals surface area contributed by atoms with Crippen molar-refractivity contribution < 1.29 is 14.3 Å². The molecule has 0 saturated heterocycles. The van der Waals surface area contributed by atoms with Crippen LogP contribution in [0.3, 0.4) is 0 Å². The van der Waals surface area contributed by atoms with Gasteiger partial charge >= 0.3 is 0 Å². The minimum absolute atomic E-state index is 0.0118. The molecule has 0 saturated carbocycles. The van der Waals surface area contributed by atoms with Gasteiger partial charge in [0.05, 0.1) is 6.61 Å². The molecule has 2 aromatic rings. The summed E-state index contributed by atoms with van der Waals surface area (Å²) < 4.78 is 5.50. The highest BCUT2D eigenvalue weighted by molar-refractivity contribution is 7.10. The van der Waals surface area contributed by atoms with Crippen molar-refractivity contribution in [2.75, 3.05) is 6.61 Å². The number of ether oxygens (including phenoxy) is 1. The zero-order chi connectivity index (χ0) is 18.1. The van der Waals surface area contributed by atoms with Crippen LogP contribution in [0, 0.1) is 0 Å². The fraction of sp³-hybridized carbons (Fsp3) is 0.333. The second-order valence-electron chi connectivity index (χ2n) is 6.74. The number of benzene rings is 1. The third-order valence-electron chi connectivity index (χ3n) is 5.08. The molecule has 4 nitrogen and oxygen atoms in total. The van der Waals surface area contributed by atoms with Gasteiger partial charge in [0.25, 0.3) is 0 Å². The zero-order valence-corrected chi connectivity index (χ0v) is 15.5. The van der Waals surface area contributed by atoms with Crippen molar-refractivity contribution in [3.8, 4) is 5.75 Å². The minimum atomic E-state index is -0.161. The van der Waals surface area contributed by atoms with Crippen LogP contribution < -0.4 is 10.1 Å². The number of amides is 1. The number of allylic oxidation sites excluding steroid dienone is 2. The Morgan fingerprint density at radius 3 is 2.62 bits per heavy atom. The van der Waals surface area contributed by atoms with Crippen molar-refractivity contribution in [1.29, 1.82) is 0 Å². The number of ketones is 1. The Bertz CT molecular complexity index is 852. The SMILES string of the molecule is CCOc1ccc(C2CC(=O)NC3=C2C(=O)CC(c2cccs2)C3)cc1. The molecule has 26 heavy (non-hydrogen) atoms. The van der Waals surface area contributed by atoms with Gasteiger partial charge in [-0.2, -0.15) is 0 Å². The molecule has 134 valence electrons. The maximum atomic E-state index is 13.0. The van der Waals surface area contributed by atoms with E-state index in [1.165, 1.54) is 4.88 Å². The average molecular weight is 367 g/mol. The van der Waals surface area contributed by atoms with Gasteiger partial charge in [0.1, 0.15) is 5.75 Å². The normalized spacial score (nSPS) is 22.8. The topological polar surface area (TPSA) is 55.4 Å². The molecule has 2 heterocycles. The van der Waals surface area contributed by atoms with E-state index < -0.39 is 0 Å². The van der Waals surface area contributed by atoms with Crippen LogP contribution in [-0.4, -0.2) is 18.3 Å². The summed E-state index contributed by atoms with van der Waals surface area (Å²) in [5.41, 5.74) is 2.61. The number of Topliss-reactive ketones (excluding diaryl/α,β-unsaturated/α-hetero) is 1. The summed E-state index contributed by atoms with van der Waals surface area (Å²) in [4.78, 5) is 26.5. The second kappa shape index (κ2) is 7.08. The molecule has 1 aromatic carbocycles. The second-order valence-corrected chi connectivity index (χ2v) is 7.72. The zero-order valence-electron chi connectivity index (χ0n) is 14.7. The summed E-state index contributed by atoms with van der Waals surface area (Å²) in [6.07, 6.45) is 1.56. The van der Waals surface area contributed by atoms with E-state index in [1.54, 1.807) is 11.3 Å². The Morgan fingerprint density at radius 1 is 1.12 bits per heavy atom. The molecule has 5 heteroatoms. The first-order valence-electron chi connectivity index (χ1n) is 8.98. The largest absolute Gasteiger partial charge is 0.494 e. The van der Waals surface area contributed by atoms with Gasteiger partial charge in [0.15, 0.2) is 5.78 Å². The lowest BCUT2D eigenvalue weighted by Crippen LogP contribution is -2.38. The summed E-state index contributed by atoms with van der Waals surface area (Å²) >= 11 is 1.67. The highest BCUT2D eigenvalue weighted by Crippen LogP contribution is 2.43. The molecule has 1 aliphatic heterocycles. The number of nitrogens with one attached hydrogen (secondary N) is 1. The van der Waals surface area contributed by atoms with E-state index in [0.717, 1.165) is 29.0 Å². The van der Waals surface area contributed by atoms with Gasteiger partial charge < -0.3 is 10.1 Å². The first-order valence-corrected chi connectivity index (χ1v) is 9.86. The van der Waals surface area contributed by atoms with Gasteiger partial charge in [-0.05, 0) is 42.5 Å². The smallest absolute Gasteiger partial charge is 0.225 e. The number of thiophene rings is 1. The summed E-state index contributed by atoms with van der Waals surface area (Å²) in [6.45, 7) is 2.56. The lowest BCUT2D eigenvalue weighted by Gasteiger charge is -2.34. The summed E-state index contributed by atoms with van der Waals surface area (Å²) in [6, 6.07) is 11.8. The molecule has 0 spiro atoms. The molecule has 1 aliphatic carbocycles. The number of hydrogen-bond acceptors (Lipinski definition) is 4. The summed E-state index contributed by atoms with van der Waals surface area (Å²) in [7, 11) is 0. The maximum Gasteiger partial charge on any atom is 0.225 e. The molecule has 4 rings (SSSR count). The van der Waals surface area contributed by atoms with E-state index in [1.807, 2.05) is 42.6 Å². The van der Waals surface area contributed by atoms with E-state index >= 15 is 0 Å². The quantitative estimate of drug-likeness (QED) is 0.883. The maximum absolute atomic E-state index is 13.0. The monoisotopic (exact) mass is 367 g/mol. The molecule has 2 aliphatic rings. The molecule has 2 unspecified atom stereocenters. The van der Waals surface area contributed by atoms with Gasteiger partial charge in [-0.3, -0.25) is 9.59 Å². The number of carbonyl (C=O) groups is 2. The molecule has 1 N–H and O–H groups in total. The number of carbonyl (C=O) groups excluding carboxylic acids is 2. The Kier molecular flexibility index (Phi) is 4.64. The predicted molar refractivity (Wildman–Crippen MR) is 101 cm³/mol. The van der Waals surface area contributed by atoms with Crippen molar-refractivity contribution in [2.45, 2.75) is 38.0 Å². The van der Waals surface area contributed by atoms with Crippen LogP contribution in [0.15, 0.2) is 53.0 Å². The van der Waals surface area contributed by atoms with E-state index in [9.17, 15) is 9.59 Å². The van der Waals surface area contributed by atoms with Crippen LogP contribution in [0.25, 0.3) is 0 Å². The van der Waals surface area contributed by atoms with Gasteiger partial charge in [0, 0.05) is 40.8 Å². The molecule has 0 fully saturated rings.